The van der Waals surface area contributed by atoms with Crippen LogP contribution in [0.5, 0.6) is 0 Å². The third-order valence-electron chi connectivity index (χ3n) is 2.81. The van der Waals surface area contributed by atoms with E-state index in [1.807, 2.05) is 0 Å². The number of carbonyl (C=O) groups is 2. The van der Waals surface area contributed by atoms with Crippen molar-refractivity contribution in [1.82, 2.24) is 0 Å². The zero-order valence-corrected chi connectivity index (χ0v) is 12.6. The SMILES string of the molecule is O=C(O)c1ccccc1S(=O)(=O)c1ccccc1C(=O)O.[Cu]. The largest absolute Gasteiger partial charge is 0.478 e. The fourth-order valence-corrected chi connectivity index (χ4v) is 3.52. The maximum Gasteiger partial charge on any atom is 0.337 e. The van der Waals surface area contributed by atoms with E-state index in [0.29, 0.717) is 0 Å². The van der Waals surface area contributed by atoms with Crippen molar-refractivity contribution in [1.29, 1.82) is 0 Å². The molecule has 0 heterocycles. The van der Waals surface area contributed by atoms with Crippen molar-refractivity contribution >= 4 is 21.8 Å². The summed E-state index contributed by atoms with van der Waals surface area (Å²) in [4.78, 5) is 21.4. The molecule has 0 aliphatic carbocycles. The molecule has 2 aromatic carbocycles. The van der Waals surface area contributed by atoms with Gasteiger partial charge in [-0.25, -0.2) is 18.0 Å². The molecule has 0 aromatic heterocycles. The van der Waals surface area contributed by atoms with E-state index in [-0.39, 0.29) is 17.1 Å². The Kier molecular flexibility index (Phi) is 5.48. The summed E-state index contributed by atoms with van der Waals surface area (Å²) in [5.41, 5.74) is -0.810. The van der Waals surface area contributed by atoms with Crippen molar-refractivity contribution in [2.45, 2.75) is 9.79 Å². The van der Waals surface area contributed by atoms with Gasteiger partial charge in [-0.2, -0.15) is 0 Å². The zero-order chi connectivity index (χ0) is 15.6. The summed E-state index contributed by atoms with van der Waals surface area (Å²) in [7, 11) is -4.25. The van der Waals surface area contributed by atoms with Crippen LogP contribution in [-0.4, -0.2) is 30.6 Å². The molecule has 0 aliphatic heterocycles. The molecule has 0 unspecified atom stereocenters. The van der Waals surface area contributed by atoms with Gasteiger partial charge in [-0.3, -0.25) is 0 Å². The number of benzene rings is 2. The predicted octanol–water partition coefficient (Wildman–Crippen LogP) is 1.91. The van der Waals surface area contributed by atoms with Crippen molar-refractivity contribution in [2.75, 3.05) is 0 Å². The summed E-state index contributed by atoms with van der Waals surface area (Å²) in [6.07, 6.45) is 0. The number of sulfone groups is 1. The molecule has 2 rings (SSSR count). The van der Waals surface area contributed by atoms with Gasteiger partial charge in [-0.1, -0.05) is 24.3 Å². The zero-order valence-electron chi connectivity index (χ0n) is 10.9. The molecule has 2 N–H and O–H groups in total. The van der Waals surface area contributed by atoms with Gasteiger partial charge < -0.3 is 10.2 Å². The Labute approximate surface area is 136 Å². The van der Waals surface area contributed by atoms with Gasteiger partial charge in [0.2, 0.25) is 9.84 Å². The summed E-state index contributed by atoms with van der Waals surface area (Å²) in [5, 5.41) is 18.1. The van der Waals surface area contributed by atoms with Crippen LogP contribution in [-0.2, 0) is 26.9 Å². The van der Waals surface area contributed by atoms with E-state index in [2.05, 4.69) is 0 Å². The number of hydrogen-bond donors (Lipinski definition) is 2. The van der Waals surface area contributed by atoms with Crippen LogP contribution in [0.4, 0.5) is 0 Å². The van der Waals surface area contributed by atoms with E-state index in [4.69, 9.17) is 10.2 Å². The summed E-state index contributed by atoms with van der Waals surface area (Å²) in [5.74, 6) is -2.80. The minimum absolute atomic E-state index is 0. The molecular formula is C14H10CuO6S. The summed E-state index contributed by atoms with van der Waals surface area (Å²) >= 11 is 0. The molecule has 2 aromatic rings. The van der Waals surface area contributed by atoms with Crippen molar-refractivity contribution in [3.63, 3.8) is 0 Å². The Morgan fingerprint density at radius 2 is 1.05 bits per heavy atom. The van der Waals surface area contributed by atoms with E-state index in [9.17, 15) is 18.0 Å². The average molecular weight is 370 g/mol. The average Bonchev–Trinajstić information content (AvgIpc) is 2.47. The predicted molar refractivity (Wildman–Crippen MR) is 72.3 cm³/mol. The van der Waals surface area contributed by atoms with Gasteiger partial charge in [0.05, 0.1) is 20.9 Å². The van der Waals surface area contributed by atoms with Crippen molar-refractivity contribution in [2.24, 2.45) is 0 Å². The maximum absolute atomic E-state index is 12.6. The summed E-state index contributed by atoms with van der Waals surface area (Å²) < 4.78 is 25.1. The van der Waals surface area contributed by atoms with Gasteiger partial charge in [-0.15, -0.1) is 0 Å². The minimum atomic E-state index is -4.25. The van der Waals surface area contributed by atoms with E-state index in [0.717, 1.165) is 24.3 Å². The molecule has 6 nitrogen and oxygen atoms in total. The smallest absolute Gasteiger partial charge is 0.337 e. The standard InChI is InChI=1S/C14H10O6S.Cu/c15-13(16)9-5-1-3-7-11(9)21(19,20)12-8-4-2-6-10(12)14(17)18;/h1-8H,(H,15,16)(H,17,18);. The van der Waals surface area contributed by atoms with E-state index < -0.39 is 42.7 Å². The molecule has 0 aliphatic rings. The first-order valence-corrected chi connectivity index (χ1v) is 7.23. The van der Waals surface area contributed by atoms with E-state index in [1.54, 1.807) is 0 Å². The number of aromatic carboxylic acids is 2. The summed E-state index contributed by atoms with van der Waals surface area (Å²) in [6, 6.07) is 10.1. The molecule has 1 radical (unpaired) electrons. The van der Waals surface area contributed by atoms with Crippen molar-refractivity contribution < 1.29 is 45.3 Å². The first-order valence-electron chi connectivity index (χ1n) is 5.75. The number of hydrogen-bond acceptors (Lipinski definition) is 4. The van der Waals surface area contributed by atoms with Crippen LogP contribution in [0.15, 0.2) is 58.3 Å². The molecule has 0 spiro atoms. The van der Waals surface area contributed by atoms with Crippen LogP contribution in [0.2, 0.25) is 0 Å². The van der Waals surface area contributed by atoms with E-state index in [1.165, 1.54) is 24.3 Å². The van der Waals surface area contributed by atoms with Crippen LogP contribution in [0, 0.1) is 0 Å². The van der Waals surface area contributed by atoms with E-state index >= 15 is 0 Å². The topological polar surface area (TPSA) is 109 Å². The Bertz CT molecular complexity index is 765. The fraction of sp³-hybridized carbons (Fsp3) is 0. The second-order valence-electron chi connectivity index (χ2n) is 4.11. The van der Waals surface area contributed by atoms with Gasteiger partial charge in [0.25, 0.3) is 0 Å². The molecular weight excluding hydrogens is 360 g/mol. The number of carboxylic acids is 2. The molecule has 0 saturated heterocycles. The Morgan fingerprint density at radius 3 is 1.36 bits per heavy atom. The van der Waals surface area contributed by atoms with Gasteiger partial charge in [-0.05, 0) is 24.3 Å². The number of rotatable bonds is 4. The monoisotopic (exact) mass is 369 g/mol. The van der Waals surface area contributed by atoms with Crippen LogP contribution in [0.1, 0.15) is 20.7 Å². The Hall–Kier alpha value is -2.15. The second kappa shape index (κ2) is 6.74. The third-order valence-corrected chi connectivity index (χ3v) is 4.68. The minimum Gasteiger partial charge on any atom is -0.478 e. The van der Waals surface area contributed by atoms with Gasteiger partial charge >= 0.3 is 11.9 Å². The maximum atomic E-state index is 12.6. The van der Waals surface area contributed by atoms with Gasteiger partial charge in [0.1, 0.15) is 0 Å². The van der Waals surface area contributed by atoms with Gasteiger partial charge in [0, 0.05) is 17.1 Å². The van der Waals surface area contributed by atoms with Crippen LogP contribution in [0.3, 0.4) is 0 Å². The Balaban J connectivity index is 0.00000242. The molecule has 22 heavy (non-hydrogen) atoms. The van der Waals surface area contributed by atoms with Crippen molar-refractivity contribution in [3.8, 4) is 0 Å². The van der Waals surface area contributed by atoms with Gasteiger partial charge in [0.15, 0.2) is 0 Å². The Morgan fingerprint density at radius 1 is 0.727 bits per heavy atom. The number of carboxylic acid groups (broad SMARTS) is 2. The van der Waals surface area contributed by atoms with Crippen molar-refractivity contribution in [3.05, 3.63) is 59.7 Å². The molecule has 0 fully saturated rings. The van der Waals surface area contributed by atoms with Crippen LogP contribution >= 0.6 is 0 Å². The van der Waals surface area contributed by atoms with Crippen LogP contribution in [0.25, 0.3) is 0 Å². The molecule has 0 bridgehead atoms. The van der Waals surface area contributed by atoms with Crippen LogP contribution < -0.4 is 0 Å². The molecule has 8 heteroatoms. The third kappa shape index (κ3) is 3.19. The normalized spacial score (nSPS) is 10.5. The fourth-order valence-electron chi connectivity index (χ4n) is 1.87. The molecule has 0 atom stereocenters. The molecule has 119 valence electrons. The molecule has 0 saturated carbocycles. The molecule has 0 amide bonds. The quantitative estimate of drug-likeness (QED) is 0.797. The summed E-state index contributed by atoms with van der Waals surface area (Å²) in [6.45, 7) is 0. The first kappa shape index (κ1) is 17.9. The first-order chi connectivity index (χ1) is 9.85. The second-order valence-corrected chi connectivity index (χ2v) is 5.99.